The Hall–Kier alpha value is -1.64. The molecule has 96 valence electrons. The zero-order chi connectivity index (χ0) is 13.0. The first-order valence-corrected chi connectivity index (χ1v) is 6.60. The minimum absolute atomic E-state index is 0.0975. The third-order valence-electron chi connectivity index (χ3n) is 3.53. The summed E-state index contributed by atoms with van der Waals surface area (Å²) in [4.78, 5) is 18.4. The molecule has 0 saturated carbocycles. The Labute approximate surface area is 109 Å². The molecule has 0 radical (unpaired) electrons. The molecular weight excluding hydrogens is 224 g/mol. The van der Waals surface area contributed by atoms with Gasteiger partial charge in [0.25, 0.3) is 0 Å². The number of carbonyl (C=O) groups excluding carboxylic acids is 1. The molecule has 0 bridgehead atoms. The molecule has 0 aromatic carbocycles. The van der Waals surface area contributed by atoms with Gasteiger partial charge in [-0.2, -0.15) is 0 Å². The molecule has 2 atom stereocenters. The number of nitrogens with zero attached hydrogens (tertiary/aromatic N) is 2. The average molecular weight is 244 g/mol. The predicted molar refractivity (Wildman–Crippen MR) is 72.9 cm³/mol. The highest BCUT2D eigenvalue weighted by Crippen LogP contribution is 2.22. The molecule has 1 aliphatic rings. The van der Waals surface area contributed by atoms with E-state index in [9.17, 15) is 4.79 Å². The Balaban J connectivity index is 2.05. The number of hydrogen-bond donors (Lipinski definition) is 0. The second kappa shape index (κ2) is 5.80. The van der Waals surface area contributed by atoms with Crippen molar-refractivity contribution in [1.29, 1.82) is 0 Å². The van der Waals surface area contributed by atoms with Crippen molar-refractivity contribution >= 4 is 12.0 Å². The molecule has 0 unspecified atom stereocenters. The van der Waals surface area contributed by atoms with Crippen molar-refractivity contribution in [3.05, 3.63) is 36.2 Å². The van der Waals surface area contributed by atoms with Crippen LogP contribution in [0.15, 0.2) is 30.5 Å². The van der Waals surface area contributed by atoms with Crippen molar-refractivity contribution in [1.82, 2.24) is 9.88 Å². The average Bonchev–Trinajstić information content (AvgIpc) is 2.37. The molecule has 1 amide bonds. The molecule has 18 heavy (non-hydrogen) atoms. The standard InChI is InChI=1S/C15H20N2O/c1-12-6-5-7-13(2)17(12)15(18)10-9-14-8-3-4-11-16-14/h3-4,8-13H,5-7H2,1-2H3/b10-9-/t12-,13+. The number of likely N-dealkylation sites (tertiary alicyclic amines) is 1. The van der Waals surface area contributed by atoms with Crippen LogP contribution < -0.4 is 0 Å². The molecule has 0 N–H and O–H groups in total. The van der Waals surface area contributed by atoms with E-state index in [2.05, 4.69) is 18.8 Å². The molecule has 1 aromatic heterocycles. The first-order valence-electron chi connectivity index (χ1n) is 6.60. The van der Waals surface area contributed by atoms with Crippen LogP contribution in [-0.4, -0.2) is 27.9 Å². The maximum absolute atomic E-state index is 12.2. The zero-order valence-corrected chi connectivity index (χ0v) is 11.0. The van der Waals surface area contributed by atoms with Crippen molar-refractivity contribution in [2.75, 3.05) is 0 Å². The van der Waals surface area contributed by atoms with E-state index in [1.165, 1.54) is 6.42 Å². The van der Waals surface area contributed by atoms with Crippen LogP contribution in [0.1, 0.15) is 38.8 Å². The first-order chi connectivity index (χ1) is 8.68. The van der Waals surface area contributed by atoms with Crippen LogP contribution >= 0.6 is 0 Å². The second-order valence-electron chi connectivity index (χ2n) is 4.96. The topological polar surface area (TPSA) is 33.2 Å². The van der Waals surface area contributed by atoms with E-state index in [0.29, 0.717) is 12.1 Å². The van der Waals surface area contributed by atoms with Gasteiger partial charge in [0.15, 0.2) is 0 Å². The summed E-state index contributed by atoms with van der Waals surface area (Å²) in [5.41, 5.74) is 0.822. The lowest BCUT2D eigenvalue weighted by atomic mass is 9.97. The fraction of sp³-hybridized carbons (Fsp3) is 0.467. The van der Waals surface area contributed by atoms with Gasteiger partial charge < -0.3 is 4.90 Å². The normalized spacial score (nSPS) is 24.4. The van der Waals surface area contributed by atoms with Gasteiger partial charge in [-0.15, -0.1) is 0 Å². The van der Waals surface area contributed by atoms with Crippen LogP contribution in [0.2, 0.25) is 0 Å². The highest BCUT2D eigenvalue weighted by atomic mass is 16.2. The summed E-state index contributed by atoms with van der Waals surface area (Å²) in [5.74, 6) is 0.0975. The van der Waals surface area contributed by atoms with E-state index in [4.69, 9.17) is 0 Å². The predicted octanol–water partition coefficient (Wildman–Crippen LogP) is 2.88. The summed E-state index contributed by atoms with van der Waals surface area (Å²) in [7, 11) is 0. The summed E-state index contributed by atoms with van der Waals surface area (Å²) in [5, 5.41) is 0. The molecule has 0 spiro atoms. The van der Waals surface area contributed by atoms with Gasteiger partial charge in [0.1, 0.15) is 0 Å². The summed E-state index contributed by atoms with van der Waals surface area (Å²) < 4.78 is 0. The fourth-order valence-corrected chi connectivity index (χ4v) is 2.57. The minimum atomic E-state index is 0.0975. The molecule has 1 fully saturated rings. The lowest BCUT2D eigenvalue weighted by Gasteiger charge is -2.38. The van der Waals surface area contributed by atoms with Crippen molar-refractivity contribution in [2.45, 2.75) is 45.2 Å². The molecule has 3 nitrogen and oxygen atoms in total. The van der Waals surface area contributed by atoms with E-state index in [1.807, 2.05) is 23.1 Å². The molecular formula is C15H20N2O. The Morgan fingerprint density at radius 1 is 1.33 bits per heavy atom. The largest absolute Gasteiger partial charge is 0.334 e. The number of piperidine rings is 1. The highest BCUT2D eigenvalue weighted by Gasteiger charge is 2.27. The lowest BCUT2D eigenvalue weighted by Crippen LogP contribution is -2.46. The summed E-state index contributed by atoms with van der Waals surface area (Å²) in [6.45, 7) is 4.25. The van der Waals surface area contributed by atoms with Crippen molar-refractivity contribution in [3.8, 4) is 0 Å². The van der Waals surface area contributed by atoms with Crippen molar-refractivity contribution in [3.63, 3.8) is 0 Å². The Morgan fingerprint density at radius 2 is 2.06 bits per heavy atom. The maximum Gasteiger partial charge on any atom is 0.247 e. The van der Waals surface area contributed by atoms with Crippen LogP contribution in [0.5, 0.6) is 0 Å². The summed E-state index contributed by atoms with van der Waals surface area (Å²) in [6, 6.07) is 6.37. The van der Waals surface area contributed by atoms with Gasteiger partial charge in [0.05, 0.1) is 5.69 Å². The lowest BCUT2D eigenvalue weighted by molar-refractivity contribution is -0.131. The van der Waals surface area contributed by atoms with E-state index < -0.39 is 0 Å². The number of hydrogen-bond acceptors (Lipinski definition) is 2. The SMILES string of the molecule is C[C@@H]1CCC[C@H](C)N1C(=O)/C=C\c1ccccn1. The smallest absolute Gasteiger partial charge is 0.247 e. The fourth-order valence-electron chi connectivity index (χ4n) is 2.57. The van der Waals surface area contributed by atoms with Gasteiger partial charge in [-0.1, -0.05) is 6.07 Å². The number of pyridine rings is 1. The molecule has 1 aliphatic heterocycles. The van der Waals surface area contributed by atoms with Crippen LogP contribution in [0.4, 0.5) is 0 Å². The highest BCUT2D eigenvalue weighted by molar-refractivity contribution is 5.92. The van der Waals surface area contributed by atoms with Crippen LogP contribution in [-0.2, 0) is 4.79 Å². The Morgan fingerprint density at radius 3 is 2.67 bits per heavy atom. The minimum Gasteiger partial charge on any atom is -0.334 e. The van der Waals surface area contributed by atoms with E-state index in [-0.39, 0.29) is 5.91 Å². The number of amides is 1. The monoisotopic (exact) mass is 244 g/mol. The molecule has 2 rings (SSSR count). The molecule has 3 heteroatoms. The zero-order valence-electron chi connectivity index (χ0n) is 11.0. The Bertz CT molecular complexity index is 417. The molecule has 1 aromatic rings. The third-order valence-corrected chi connectivity index (χ3v) is 3.53. The Kier molecular flexibility index (Phi) is 4.13. The second-order valence-corrected chi connectivity index (χ2v) is 4.96. The van der Waals surface area contributed by atoms with Crippen LogP contribution in [0.25, 0.3) is 6.08 Å². The van der Waals surface area contributed by atoms with E-state index >= 15 is 0 Å². The van der Waals surface area contributed by atoms with Gasteiger partial charge in [0.2, 0.25) is 5.91 Å². The molecule has 1 saturated heterocycles. The maximum atomic E-state index is 12.2. The van der Waals surface area contributed by atoms with Crippen LogP contribution in [0.3, 0.4) is 0 Å². The quantitative estimate of drug-likeness (QED) is 0.749. The third kappa shape index (κ3) is 2.97. The number of rotatable bonds is 2. The number of carbonyl (C=O) groups is 1. The van der Waals surface area contributed by atoms with Gasteiger partial charge in [-0.3, -0.25) is 9.78 Å². The van der Waals surface area contributed by atoms with Gasteiger partial charge in [-0.25, -0.2) is 0 Å². The van der Waals surface area contributed by atoms with E-state index in [0.717, 1.165) is 18.5 Å². The van der Waals surface area contributed by atoms with Gasteiger partial charge >= 0.3 is 0 Å². The van der Waals surface area contributed by atoms with Crippen molar-refractivity contribution < 1.29 is 4.79 Å². The van der Waals surface area contributed by atoms with Crippen molar-refractivity contribution in [2.24, 2.45) is 0 Å². The molecule has 0 aliphatic carbocycles. The first kappa shape index (κ1) is 12.8. The van der Waals surface area contributed by atoms with Gasteiger partial charge in [-0.05, 0) is 51.3 Å². The number of aromatic nitrogens is 1. The summed E-state index contributed by atoms with van der Waals surface area (Å²) in [6.07, 6.45) is 8.59. The molecule has 2 heterocycles. The van der Waals surface area contributed by atoms with E-state index in [1.54, 1.807) is 18.3 Å². The van der Waals surface area contributed by atoms with Gasteiger partial charge in [0, 0.05) is 24.4 Å². The summed E-state index contributed by atoms with van der Waals surface area (Å²) >= 11 is 0. The van der Waals surface area contributed by atoms with Crippen LogP contribution in [0, 0.1) is 0 Å².